The van der Waals surface area contributed by atoms with Gasteiger partial charge in [0, 0.05) is 16.9 Å². The van der Waals surface area contributed by atoms with Crippen LogP contribution >= 0.6 is 0 Å². The van der Waals surface area contributed by atoms with E-state index in [1.165, 1.54) is 54.7 Å². The first-order valence-corrected chi connectivity index (χ1v) is 12.2. The summed E-state index contributed by atoms with van der Waals surface area (Å²) in [6.45, 7) is 5.53. The lowest BCUT2D eigenvalue weighted by Crippen LogP contribution is -2.24. The van der Waals surface area contributed by atoms with Gasteiger partial charge in [0.15, 0.2) is 18.1 Å². The van der Waals surface area contributed by atoms with E-state index >= 15 is 0 Å². The van der Waals surface area contributed by atoms with E-state index in [9.17, 15) is 23.2 Å². The average molecular weight is 551 g/mol. The molecule has 0 fully saturated rings. The molecule has 3 aromatic rings. The lowest BCUT2D eigenvalue weighted by Gasteiger charge is -2.16. The zero-order valence-electron chi connectivity index (χ0n) is 21.7. The molecule has 40 heavy (non-hydrogen) atoms. The molecule has 0 atom stereocenters. The number of carbonyl (C=O) groups excluding carboxylic acids is 3. The Labute approximate surface area is 229 Å². The third kappa shape index (κ3) is 9.35. The number of rotatable bonds is 13. The molecule has 0 saturated heterocycles. The Balaban J connectivity index is 1.63. The molecular weight excluding hydrogens is 522 g/mol. The molecule has 0 bridgehead atoms. The quantitative estimate of drug-likeness (QED) is 0.125. The number of hydrazone groups is 1. The molecular formula is C29H28F2N4O5. The van der Waals surface area contributed by atoms with Gasteiger partial charge in [-0.3, -0.25) is 14.4 Å². The van der Waals surface area contributed by atoms with Crippen LogP contribution in [0.3, 0.4) is 0 Å². The number of halogens is 2. The van der Waals surface area contributed by atoms with Crippen molar-refractivity contribution in [2.75, 3.05) is 23.8 Å². The van der Waals surface area contributed by atoms with Crippen molar-refractivity contribution in [2.45, 2.75) is 19.8 Å². The molecule has 9 nitrogen and oxygen atoms in total. The van der Waals surface area contributed by atoms with E-state index < -0.39 is 35.8 Å². The molecule has 0 heterocycles. The molecule has 3 rings (SSSR count). The predicted octanol–water partition coefficient (Wildman–Crippen LogP) is 4.59. The fourth-order valence-corrected chi connectivity index (χ4v) is 3.46. The van der Waals surface area contributed by atoms with Crippen LogP contribution in [0.15, 0.2) is 78.4 Å². The number of anilines is 2. The van der Waals surface area contributed by atoms with Crippen LogP contribution in [0.25, 0.3) is 0 Å². The van der Waals surface area contributed by atoms with Crippen molar-refractivity contribution in [2.24, 2.45) is 5.10 Å². The standard InChI is InChI=1S/C29H28F2N4O5/c1-3-5-20-14-19(17-32-35-27(37)16-26(36)33-23-10-6-21(30)7-11-23)15-25(39-4-2)29(20)40-18-28(38)34-24-12-8-22(31)9-13-24/h3,6-15,17H,1,4-5,16,18H2,2H3,(H,33,36)(H,34,38)(H,35,37). The van der Waals surface area contributed by atoms with Crippen molar-refractivity contribution in [3.8, 4) is 11.5 Å². The van der Waals surface area contributed by atoms with Crippen LogP contribution in [0.1, 0.15) is 24.5 Å². The van der Waals surface area contributed by atoms with Gasteiger partial charge in [0.25, 0.3) is 5.91 Å². The van der Waals surface area contributed by atoms with Crippen molar-refractivity contribution < 1.29 is 32.6 Å². The van der Waals surface area contributed by atoms with Crippen LogP contribution in [0.4, 0.5) is 20.2 Å². The number of hydrogen-bond donors (Lipinski definition) is 3. The molecule has 0 unspecified atom stereocenters. The minimum atomic E-state index is -0.653. The first kappa shape index (κ1) is 29.5. The number of carbonyl (C=O) groups is 3. The van der Waals surface area contributed by atoms with Crippen LogP contribution in [0, 0.1) is 11.6 Å². The van der Waals surface area contributed by atoms with Crippen LogP contribution in [0.2, 0.25) is 0 Å². The topological polar surface area (TPSA) is 118 Å². The maximum Gasteiger partial charge on any atom is 0.262 e. The Kier molecular flexibility index (Phi) is 10.9. The van der Waals surface area contributed by atoms with Gasteiger partial charge in [-0.1, -0.05) is 6.08 Å². The molecule has 0 aliphatic heterocycles. The summed E-state index contributed by atoms with van der Waals surface area (Å²) in [7, 11) is 0. The van der Waals surface area contributed by atoms with Crippen molar-refractivity contribution in [3.05, 3.63) is 96.1 Å². The van der Waals surface area contributed by atoms with Gasteiger partial charge < -0.3 is 20.1 Å². The minimum absolute atomic E-state index is 0.312. The Morgan fingerprint density at radius 2 is 1.48 bits per heavy atom. The van der Waals surface area contributed by atoms with Crippen molar-refractivity contribution in [3.63, 3.8) is 0 Å². The lowest BCUT2D eigenvalue weighted by atomic mass is 10.1. The van der Waals surface area contributed by atoms with Crippen LogP contribution in [-0.2, 0) is 20.8 Å². The molecule has 11 heteroatoms. The number of ether oxygens (including phenoxy) is 2. The molecule has 208 valence electrons. The minimum Gasteiger partial charge on any atom is -0.490 e. The second-order valence-corrected chi connectivity index (χ2v) is 8.30. The van der Waals surface area contributed by atoms with E-state index in [1.807, 2.05) is 0 Å². The number of hydrogen-bond acceptors (Lipinski definition) is 6. The molecule has 3 N–H and O–H groups in total. The fraction of sp³-hybridized carbons (Fsp3) is 0.172. The van der Waals surface area contributed by atoms with Crippen LogP contribution in [0.5, 0.6) is 11.5 Å². The molecule has 0 radical (unpaired) electrons. The maximum atomic E-state index is 13.1. The zero-order chi connectivity index (χ0) is 28.9. The lowest BCUT2D eigenvalue weighted by molar-refractivity contribution is -0.126. The van der Waals surface area contributed by atoms with Gasteiger partial charge in [0.05, 0.1) is 12.8 Å². The number of amides is 3. The molecule has 0 saturated carbocycles. The summed E-state index contributed by atoms with van der Waals surface area (Å²) in [6, 6.07) is 13.8. The van der Waals surface area contributed by atoms with Gasteiger partial charge in [-0.05, 0) is 79.6 Å². The monoisotopic (exact) mass is 550 g/mol. The zero-order valence-corrected chi connectivity index (χ0v) is 21.7. The SMILES string of the molecule is C=CCc1cc(C=NNC(=O)CC(=O)Nc2ccc(F)cc2)cc(OCC)c1OCC(=O)Nc1ccc(F)cc1. The third-order valence-electron chi connectivity index (χ3n) is 5.15. The second-order valence-electron chi connectivity index (χ2n) is 8.30. The first-order chi connectivity index (χ1) is 19.3. The van der Waals surface area contributed by atoms with E-state index in [4.69, 9.17) is 9.47 Å². The molecule has 3 amide bonds. The van der Waals surface area contributed by atoms with Gasteiger partial charge in [0.2, 0.25) is 11.8 Å². The summed E-state index contributed by atoms with van der Waals surface area (Å²) in [4.78, 5) is 36.5. The predicted molar refractivity (Wildman–Crippen MR) is 147 cm³/mol. The summed E-state index contributed by atoms with van der Waals surface area (Å²) >= 11 is 0. The molecule has 0 aromatic heterocycles. The van der Waals surface area contributed by atoms with Gasteiger partial charge in [-0.15, -0.1) is 6.58 Å². The summed E-state index contributed by atoms with van der Waals surface area (Å²) in [6.07, 6.45) is 2.91. The Morgan fingerprint density at radius 1 is 0.875 bits per heavy atom. The number of nitrogens with zero attached hydrogens (tertiary/aromatic N) is 1. The van der Waals surface area contributed by atoms with Crippen LogP contribution in [-0.4, -0.2) is 37.1 Å². The molecule has 0 aliphatic rings. The van der Waals surface area contributed by atoms with E-state index in [0.717, 1.165) is 0 Å². The molecule has 0 spiro atoms. The summed E-state index contributed by atoms with van der Waals surface area (Å²) in [5.41, 5.74) is 4.27. The van der Waals surface area contributed by atoms with Crippen LogP contribution < -0.4 is 25.5 Å². The Bertz CT molecular complexity index is 1380. The van der Waals surface area contributed by atoms with Crippen molar-refractivity contribution >= 4 is 35.3 Å². The largest absolute Gasteiger partial charge is 0.490 e. The normalized spacial score (nSPS) is 10.6. The summed E-state index contributed by atoms with van der Waals surface area (Å²) < 4.78 is 37.6. The third-order valence-corrected chi connectivity index (χ3v) is 5.15. The van der Waals surface area contributed by atoms with E-state index in [2.05, 4.69) is 27.7 Å². The Hall–Kier alpha value is -5.06. The van der Waals surface area contributed by atoms with Gasteiger partial charge in [-0.25, -0.2) is 14.2 Å². The Morgan fingerprint density at radius 3 is 2.05 bits per heavy atom. The smallest absolute Gasteiger partial charge is 0.262 e. The fourth-order valence-electron chi connectivity index (χ4n) is 3.46. The highest BCUT2D eigenvalue weighted by atomic mass is 19.1. The highest BCUT2D eigenvalue weighted by Crippen LogP contribution is 2.33. The number of nitrogens with one attached hydrogen (secondary N) is 3. The van der Waals surface area contributed by atoms with E-state index in [1.54, 1.807) is 25.1 Å². The van der Waals surface area contributed by atoms with E-state index in [0.29, 0.717) is 47.0 Å². The molecule has 3 aromatic carbocycles. The van der Waals surface area contributed by atoms with Gasteiger partial charge >= 0.3 is 0 Å². The van der Waals surface area contributed by atoms with Crippen molar-refractivity contribution in [1.82, 2.24) is 5.43 Å². The highest BCUT2D eigenvalue weighted by Gasteiger charge is 2.15. The van der Waals surface area contributed by atoms with Crippen molar-refractivity contribution in [1.29, 1.82) is 0 Å². The highest BCUT2D eigenvalue weighted by molar-refractivity contribution is 6.03. The van der Waals surface area contributed by atoms with Gasteiger partial charge in [0.1, 0.15) is 18.1 Å². The maximum absolute atomic E-state index is 13.1. The summed E-state index contributed by atoms with van der Waals surface area (Å²) in [5.74, 6) is -1.86. The van der Waals surface area contributed by atoms with Gasteiger partial charge in [-0.2, -0.15) is 5.10 Å². The number of allylic oxidation sites excluding steroid dienone is 1. The van der Waals surface area contributed by atoms with E-state index in [-0.39, 0.29) is 6.61 Å². The first-order valence-electron chi connectivity index (χ1n) is 12.2. The number of benzene rings is 3. The second kappa shape index (κ2) is 14.8. The molecule has 0 aliphatic carbocycles. The average Bonchev–Trinajstić information content (AvgIpc) is 2.91. The summed E-state index contributed by atoms with van der Waals surface area (Å²) in [5, 5.41) is 9.02.